The zero-order chi connectivity index (χ0) is 24.9. The van der Waals surface area contributed by atoms with Crippen molar-refractivity contribution in [3.63, 3.8) is 0 Å². The number of hydrogen-bond acceptors (Lipinski definition) is 5. The summed E-state index contributed by atoms with van der Waals surface area (Å²) in [6, 6.07) is 9.93. The third-order valence-electron chi connectivity index (χ3n) is 6.00. The Morgan fingerprint density at radius 1 is 1.12 bits per heavy atom. The van der Waals surface area contributed by atoms with E-state index in [0.717, 1.165) is 0 Å². The Kier molecular flexibility index (Phi) is 8.27. The normalized spacial score (nSPS) is 14.8. The van der Waals surface area contributed by atoms with Crippen molar-refractivity contribution in [3.05, 3.63) is 53.8 Å². The lowest BCUT2D eigenvalue weighted by Crippen LogP contribution is -2.41. The standard InChI is InChI=1S/C24H30FN3O5S/c1-4-28(5-2)34(31,32)20-9-10-22(33-3)21(16-20)26-23(29)17-11-13-27(14-12-17)24(30)18-7-6-8-19(25)15-18/h6-10,15-17H,4-5,11-14H2,1-3H3,(H,26,29). The predicted molar refractivity (Wildman–Crippen MR) is 127 cm³/mol. The number of hydrogen-bond donors (Lipinski definition) is 1. The molecule has 0 saturated carbocycles. The number of methoxy groups -OCH3 is 1. The van der Waals surface area contributed by atoms with Gasteiger partial charge in [0.05, 0.1) is 17.7 Å². The summed E-state index contributed by atoms with van der Waals surface area (Å²) in [5, 5.41) is 2.80. The fourth-order valence-corrected chi connectivity index (χ4v) is 5.53. The van der Waals surface area contributed by atoms with Gasteiger partial charge in [0.1, 0.15) is 11.6 Å². The van der Waals surface area contributed by atoms with E-state index in [9.17, 15) is 22.4 Å². The molecule has 0 spiro atoms. The van der Waals surface area contributed by atoms with Crippen LogP contribution in [0.15, 0.2) is 47.4 Å². The van der Waals surface area contributed by atoms with Crippen molar-refractivity contribution in [3.8, 4) is 5.75 Å². The summed E-state index contributed by atoms with van der Waals surface area (Å²) in [6.45, 7) is 4.91. The van der Waals surface area contributed by atoms with E-state index in [4.69, 9.17) is 4.74 Å². The predicted octanol–water partition coefficient (Wildman–Crippen LogP) is 3.36. The Labute approximate surface area is 199 Å². The van der Waals surface area contributed by atoms with Crippen molar-refractivity contribution in [1.82, 2.24) is 9.21 Å². The number of nitrogens with one attached hydrogen (secondary N) is 1. The molecule has 0 atom stereocenters. The lowest BCUT2D eigenvalue weighted by molar-refractivity contribution is -0.121. The number of piperidine rings is 1. The van der Waals surface area contributed by atoms with E-state index in [2.05, 4.69) is 5.32 Å². The number of sulfonamides is 1. The van der Waals surface area contributed by atoms with Crippen LogP contribution < -0.4 is 10.1 Å². The van der Waals surface area contributed by atoms with Gasteiger partial charge >= 0.3 is 0 Å². The van der Waals surface area contributed by atoms with E-state index in [0.29, 0.717) is 44.8 Å². The largest absolute Gasteiger partial charge is 0.495 e. The quantitative estimate of drug-likeness (QED) is 0.611. The molecule has 8 nitrogen and oxygen atoms in total. The molecule has 2 aromatic rings. The number of halogens is 1. The second kappa shape index (κ2) is 11.0. The molecule has 1 fully saturated rings. The van der Waals surface area contributed by atoms with Crippen LogP contribution in [0.4, 0.5) is 10.1 Å². The highest BCUT2D eigenvalue weighted by Gasteiger charge is 2.29. The molecule has 0 unspecified atom stereocenters. The fourth-order valence-electron chi connectivity index (χ4n) is 4.04. The number of likely N-dealkylation sites (tertiary alicyclic amines) is 1. The van der Waals surface area contributed by atoms with Crippen molar-refractivity contribution < 1.29 is 27.1 Å². The van der Waals surface area contributed by atoms with Gasteiger partial charge in [0, 0.05) is 37.7 Å². The van der Waals surface area contributed by atoms with Crippen molar-refractivity contribution in [2.24, 2.45) is 5.92 Å². The molecule has 2 aromatic carbocycles. The molecule has 1 N–H and O–H groups in total. The Morgan fingerprint density at radius 2 is 1.79 bits per heavy atom. The minimum absolute atomic E-state index is 0.0720. The van der Waals surface area contributed by atoms with Crippen LogP contribution in [0.2, 0.25) is 0 Å². The topological polar surface area (TPSA) is 96.0 Å². The SMILES string of the molecule is CCN(CC)S(=O)(=O)c1ccc(OC)c(NC(=O)C2CCN(C(=O)c3cccc(F)c3)CC2)c1. The van der Waals surface area contributed by atoms with E-state index < -0.39 is 15.8 Å². The fraction of sp³-hybridized carbons (Fsp3) is 0.417. The molecule has 2 amide bonds. The van der Waals surface area contributed by atoms with E-state index in [1.807, 2.05) is 0 Å². The third kappa shape index (κ3) is 5.56. The molecule has 184 valence electrons. The average Bonchev–Trinajstić information content (AvgIpc) is 2.84. The Bertz CT molecular complexity index is 1140. The first-order valence-corrected chi connectivity index (χ1v) is 12.7. The highest BCUT2D eigenvalue weighted by Crippen LogP contribution is 2.30. The molecule has 34 heavy (non-hydrogen) atoms. The number of ether oxygens (including phenoxy) is 1. The Hall–Kier alpha value is -2.98. The number of carbonyl (C=O) groups is 2. The van der Waals surface area contributed by atoms with Gasteiger partial charge in [0.25, 0.3) is 5.91 Å². The molecule has 0 bridgehead atoms. The summed E-state index contributed by atoms with van der Waals surface area (Å²) < 4.78 is 45.9. The molecule has 0 radical (unpaired) electrons. The third-order valence-corrected chi connectivity index (χ3v) is 8.04. The van der Waals surface area contributed by atoms with Gasteiger partial charge in [-0.3, -0.25) is 9.59 Å². The molecule has 0 aliphatic carbocycles. The second-order valence-corrected chi connectivity index (χ2v) is 9.96. The van der Waals surface area contributed by atoms with Crippen LogP contribution in [0.1, 0.15) is 37.0 Å². The first-order valence-electron chi connectivity index (χ1n) is 11.2. The van der Waals surface area contributed by atoms with E-state index >= 15 is 0 Å². The second-order valence-electron chi connectivity index (χ2n) is 8.02. The number of amides is 2. The summed E-state index contributed by atoms with van der Waals surface area (Å²) in [6.07, 6.45) is 0.874. The molecule has 3 rings (SSSR count). The van der Waals surface area contributed by atoms with Crippen LogP contribution in [-0.2, 0) is 14.8 Å². The van der Waals surface area contributed by atoms with Gasteiger partial charge < -0.3 is 15.0 Å². The van der Waals surface area contributed by atoms with E-state index in [-0.39, 0.29) is 33.9 Å². The van der Waals surface area contributed by atoms with Gasteiger partial charge in [-0.15, -0.1) is 0 Å². The Balaban J connectivity index is 1.69. The minimum Gasteiger partial charge on any atom is -0.495 e. The maximum Gasteiger partial charge on any atom is 0.253 e. The van der Waals surface area contributed by atoms with Crippen LogP contribution in [0, 0.1) is 11.7 Å². The summed E-state index contributed by atoms with van der Waals surface area (Å²) in [7, 11) is -2.26. The zero-order valence-electron chi connectivity index (χ0n) is 19.6. The molecular formula is C24H30FN3O5S. The first-order chi connectivity index (χ1) is 16.2. The lowest BCUT2D eigenvalue weighted by atomic mass is 9.95. The summed E-state index contributed by atoms with van der Waals surface area (Å²) >= 11 is 0. The van der Waals surface area contributed by atoms with Crippen LogP contribution in [0.25, 0.3) is 0 Å². The lowest BCUT2D eigenvalue weighted by Gasteiger charge is -2.31. The maximum atomic E-state index is 13.4. The van der Waals surface area contributed by atoms with Gasteiger partial charge in [-0.2, -0.15) is 4.31 Å². The monoisotopic (exact) mass is 491 g/mol. The van der Waals surface area contributed by atoms with Crippen molar-refractivity contribution in [2.45, 2.75) is 31.6 Å². The van der Waals surface area contributed by atoms with E-state index in [1.54, 1.807) is 24.8 Å². The van der Waals surface area contributed by atoms with Crippen molar-refractivity contribution in [1.29, 1.82) is 0 Å². The highest BCUT2D eigenvalue weighted by atomic mass is 32.2. The molecule has 1 heterocycles. The number of carbonyl (C=O) groups excluding carboxylic acids is 2. The number of benzene rings is 2. The van der Waals surface area contributed by atoms with Crippen molar-refractivity contribution >= 4 is 27.5 Å². The zero-order valence-corrected chi connectivity index (χ0v) is 20.4. The number of anilines is 1. The van der Waals surface area contributed by atoms with Crippen LogP contribution >= 0.6 is 0 Å². The average molecular weight is 492 g/mol. The van der Waals surface area contributed by atoms with Gasteiger partial charge in [-0.1, -0.05) is 19.9 Å². The Morgan fingerprint density at radius 3 is 2.38 bits per heavy atom. The van der Waals surface area contributed by atoms with Gasteiger partial charge in [0.2, 0.25) is 15.9 Å². The summed E-state index contributed by atoms with van der Waals surface area (Å²) in [4.78, 5) is 27.3. The van der Waals surface area contributed by atoms with Gasteiger partial charge in [0.15, 0.2) is 0 Å². The van der Waals surface area contributed by atoms with Gasteiger partial charge in [-0.05, 0) is 49.2 Å². The minimum atomic E-state index is -3.70. The van der Waals surface area contributed by atoms with Crippen LogP contribution in [0.3, 0.4) is 0 Å². The van der Waals surface area contributed by atoms with Crippen LogP contribution in [-0.4, -0.2) is 62.7 Å². The highest BCUT2D eigenvalue weighted by molar-refractivity contribution is 7.89. The first kappa shape index (κ1) is 25.6. The number of rotatable bonds is 8. The molecule has 10 heteroatoms. The smallest absolute Gasteiger partial charge is 0.253 e. The van der Waals surface area contributed by atoms with Crippen LogP contribution in [0.5, 0.6) is 5.75 Å². The van der Waals surface area contributed by atoms with E-state index in [1.165, 1.54) is 47.8 Å². The molecule has 1 aliphatic heterocycles. The molecule has 0 aromatic heterocycles. The molecular weight excluding hydrogens is 461 g/mol. The molecule has 1 aliphatic rings. The van der Waals surface area contributed by atoms with Gasteiger partial charge in [-0.25, -0.2) is 12.8 Å². The molecule has 1 saturated heterocycles. The summed E-state index contributed by atoms with van der Waals surface area (Å²) in [5.74, 6) is -1.02. The number of nitrogens with zero attached hydrogens (tertiary/aromatic N) is 2. The summed E-state index contributed by atoms with van der Waals surface area (Å²) in [5.41, 5.74) is 0.554. The van der Waals surface area contributed by atoms with Crippen molar-refractivity contribution in [2.75, 3.05) is 38.6 Å². The maximum absolute atomic E-state index is 13.4.